The lowest BCUT2D eigenvalue weighted by Crippen LogP contribution is -2.53. The second kappa shape index (κ2) is 6.10. The highest BCUT2D eigenvalue weighted by Gasteiger charge is 2.34. The summed E-state index contributed by atoms with van der Waals surface area (Å²) in [7, 11) is 0. The first kappa shape index (κ1) is 16.3. The smallest absolute Gasteiger partial charge is 0.394 e. The lowest BCUT2D eigenvalue weighted by Gasteiger charge is -2.26. The van der Waals surface area contributed by atoms with E-state index in [2.05, 4.69) is 5.32 Å². The van der Waals surface area contributed by atoms with Crippen LogP contribution in [0.15, 0.2) is 24.3 Å². The van der Waals surface area contributed by atoms with Crippen LogP contribution >= 0.6 is 0 Å². The van der Waals surface area contributed by atoms with E-state index in [1.165, 1.54) is 19.1 Å². The van der Waals surface area contributed by atoms with Crippen LogP contribution in [0.1, 0.15) is 12.5 Å². The van der Waals surface area contributed by atoms with Gasteiger partial charge in [0.05, 0.1) is 30.0 Å². The van der Waals surface area contributed by atoms with E-state index in [1.807, 2.05) is 5.32 Å². The lowest BCUT2D eigenvalue weighted by atomic mass is 10.1. The minimum atomic E-state index is -4.60. The minimum Gasteiger partial charge on any atom is -0.394 e. The van der Waals surface area contributed by atoms with Gasteiger partial charge in [-0.25, -0.2) is 4.79 Å². The molecule has 0 spiro atoms. The zero-order chi connectivity index (χ0) is 15.4. The van der Waals surface area contributed by atoms with Crippen molar-refractivity contribution in [3.63, 3.8) is 0 Å². The predicted molar refractivity (Wildman–Crippen MR) is 66.2 cm³/mol. The average Bonchev–Trinajstić information content (AvgIpc) is 2.37. The van der Waals surface area contributed by atoms with Crippen molar-refractivity contribution >= 4 is 11.7 Å². The van der Waals surface area contributed by atoms with Gasteiger partial charge in [-0.3, -0.25) is 0 Å². The number of rotatable bonds is 4. The first-order chi connectivity index (χ1) is 9.22. The maximum atomic E-state index is 12.7. The molecular weight excluding hydrogens is 277 g/mol. The highest BCUT2D eigenvalue weighted by Crippen LogP contribution is 2.34. The van der Waals surface area contributed by atoms with Crippen LogP contribution in [0.3, 0.4) is 0 Å². The average molecular weight is 292 g/mol. The summed E-state index contributed by atoms with van der Waals surface area (Å²) in [6.45, 7) is 0.234. The molecule has 1 aromatic carbocycles. The van der Waals surface area contributed by atoms with E-state index < -0.39 is 42.2 Å². The molecule has 0 saturated heterocycles. The number of amides is 2. The van der Waals surface area contributed by atoms with Crippen LogP contribution in [-0.4, -0.2) is 35.0 Å². The summed E-state index contributed by atoms with van der Waals surface area (Å²) < 4.78 is 38.2. The predicted octanol–water partition coefficient (Wildman–Crippen LogP) is 1.57. The van der Waals surface area contributed by atoms with Crippen molar-refractivity contribution < 1.29 is 28.2 Å². The number of para-hydroxylation sites is 1. The third-order valence-corrected chi connectivity index (χ3v) is 2.59. The quantitative estimate of drug-likeness (QED) is 0.680. The van der Waals surface area contributed by atoms with Crippen LogP contribution in [0.25, 0.3) is 0 Å². The van der Waals surface area contributed by atoms with Gasteiger partial charge in [0.25, 0.3) is 0 Å². The number of aliphatic hydroxyl groups is 2. The number of hydrogen-bond donors (Lipinski definition) is 4. The van der Waals surface area contributed by atoms with E-state index in [4.69, 9.17) is 10.2 Å². The first-order valence-electron chi connectivity index (χ1n) is 5.69. The molecule has 0 bridgehead atoms. The SMILES string of the molecule is CC(CO)(CO)NC(=O)Nc1ccccc1C(F)(F)F. The normalized spacial score (nSPS) is 12.1. The van der Waals surface area contributed by atoms with Gasteiger partial charge in [-0.2, -0.15) is 13.2 Å². The molecule has 1 aromatic rings. The van der Waals surface area contributed by atoms with Crippen LogP contribution in [0.5, 0.6) is 0 Å². The number of alkyl halides is 3. The number of nitrogens with one attached hydrogen (secondary N) is 2. The number of hydrogen-bond acceptors (Lipinski definition) is 3. The summed E-state index contributed by atoms with van der Waals surface area (Å²) in [4.78, 5) is 11.6. The van der Waals surface area contributed by atoms with Crippen LogP contribution in [0.4, 0.5) is 23.7 Å². The largest absolute Gasteiger partial charge is 0.418 e. The zero-order valence-electron chi connectivity index (χ0n) is 10.7. The van der Waals surface area contributed by atoms with E-state index in [0.29, 0.717) is 0 Å². The summed E-state index contributed by atoms with van der Waals surface area (Å²) in [5, 5.41) is 22.3. The molecule has 20 heavy (non-hydrogen) atoms. The van der Waals surface area contributed by atoms with Crippen LogP contribution in [0, 0.1) is 0 Å². The number of carbonyl (C=O) groups excluding carboxylic acids is 1. The number of carbonyl (C=O) groups is 1. The first-order valence-corrected chi connectivity index (χ1v) is 5.69. The maximum absolute atomic E-state index is 12.7. The Morgan fingerprint density at radius 2 is 1.75 bits per heavy atom. The van der Waals surface area contributed by atoms with E-state index in [9.17, 15) is 18.0 Å². The van der Waals surface area contributed by atoms with E-state index in [1.54, 1.807) is 0 Å². The Bertz CT molecular complexity index is 473. The standard InChI is InChI=1S/C12H15F3N2O3/c1-11(6-18,7-19)17-10(20)16-9-5-3-2-4-8(9)12(13,14)15/h2-5,18-19H,6-7H2,1H3,(H2,16,17,20). The summed E-state index contributed by atoms with van der Waals surface area (Å²) in [5.41, 5.74) is -2.71. The Kier molecular flexibility index (Phi) is 4.96. The van der Waals surface area contributed by atoms with Gasteiger partial charge in [-0.05, 0) is 19.1 Å². The Morgan fingerprint density at radius 1 is 1.20 bits per heavy atom. The zero-order valence-corrected chi connectivity index (χ0v) is 10.7. The number of urea groups is 1. The molecule has 5 nitrogen and oxygen atoms in total. The van der Waals surface area contributed by atoms with Crippen LogP contribution in [0.2, 0.25) is 0 Å². The second-order valence-corrected chi connectivity index (χ2v) is 4.50. The summed E-state index contributed by atoms with van der Waals surface area (Å²) in [5.74, 6) is 0. The van der Waals surface area contributed by atoms with Crippen molar-refractivity contribution in [3.8, 4) is 0 Å². The molecule has 0 aliphatic heterocycles. The van der Waals surface area contributed by atoms with Gasteiger partial charge >= 0.3 is 12.2 Å². The Hall–Kier alpha value is -1.80. The fourth-order valence-corrected chi connectivity index (χ4v) is 1.40. The fourth-order valence-electron chi connectivity index (χ4n) is 1.40. The number of anilines is 1. The summed E-state index contributed by atoms with van der Waals surface area (Å²) in [6, 6.07) is 3.55. The van der Waals surface area contributed by atoms with Gasteiger partial charge in [-0.1, -0.05) is 12.1 Å². The molecule has 0 saturated carbocycles. The number of aliphatic hydroxyl groups excluding tert-OH is 2. The fraction of sp³-hybridized carbons (Fsp3) is 0.417. The second-order valence-electron chi connectivity index (χ2n) is 4.50. The molecule has 0 radical (unpaired) electrons. The van der Waals surface area contributed by atoms with Crippen molar-refractivity contribution in [2.75, 3.05) is 18.5 Å². The topological polar surface area (TPSA) is 81.6 Å². The molecule has 0 aromatic heterocycles. The van der Waals surface area contributed by atoms with Crippen LogP contribution in [-0.2, 0) is 6.18 Å². The molecule has 0 heterocycles. The highest BCUT2D eigenvalue weighted by atomic mass is 19.4. The van der Waals surface area contributed by atoms with E-state index in [-0.39, 0.29) is 0 Å². The van der Waals surface area contributed by atoms with Gasteiger partial charge in [0, 0.05) is 0 Å². The molecule has 1 rings (SSSR count). The van der Waals surface area contributed by atoms with Gasteiger partial charge in [0.15, 0.2) is 0 Å². The number of benzene rings is 1. The molecule has 0 aliphatic rings. The van der Waals surface area contributed by atoms with Gasteiger partial charge in [0.2, 0.25) is 0 Å². The van der Waals surface area contributed by atoms with Crippen molar-refractivity contribution in [1.82, 2.24) is 5.32 Å². The van der Waals surface area contributed by atoms with E-state index in [0.717, 1.165) is 12.1 Å². The van der Waals surface area contributed by atoms with Gasteiger partial charge in [0.1, 0.15) is 0 Å². The third-order valence-electron chi connectivity index (χ3n) is 2.59. The highest BCUT2D eigenvalue weighted by molar-refractivity contribution is 5.90. The van der Waals surface area contributed by atoms with Crippen molar-refractivity contribution in [2.45, 2.75) is 18.6 Å². The van der Waals surface area contributed by atoms with Gasteiger partial charge < -0.3 is 20.8 Å². The van der Waals surface area contributed by atoms with Crippen molar-refractivity contribution in [3.05, 3.63) is 29.8 Å². The van der Waals surface area contributed by atoms with Crippen LogP contribution < -0.4 is 10.6 Å². The van der Waals surface area contributed by atoms with Crippen molar-refractivity contribution in [2.24, 2.45) is 0 Å². The summed E-state index contributed by atoms with van der Waals surface area (Å²) >= 11 is 0. The maximum Gasteiger partial charge on any atom is 0.418 e. The molecular formula is C12H15F3N2O3. The summed E-state index contributed by atoms with van der Waals surface area (Å²) in [6.07, 6.45) is -4.60. The molecule has 4 N–H and O–H groups in total. The Labute approximate surface area is 113 Å². The molecule has 2 amide bonds. The third kappa shape index (κ3) is 4.10. The molecule has 0 fully saturated rings. The molecule has 8 heteroatoms. The van der Waals surface area contributed by atoms with Crippen molar-refractivity contribution in [1.29, 1.82) is 0 Å². The van der Waals surface area contributed by atoms with Gasteiger partial charge in [-0.15, -0.1) is 0 Å². The van der Waals surface area contributed by atoms with E-state index >= 15 is 0 Å². The molecule has 112 valence electrons. The Balaban J connectivity index is 2.87. The number of halogens is 3. The minimum absolute atomic E-state index is 0.407. The molecule has 0 aliphatic carbocycles. The lowest BCUT2D eigenvalue weighted by molar-refractivity contribution is -0.136. The molecule has 0 atom stereocenters. The monoisotopic (exact) mass is 292 g/mol. The molecule has 0 unspecified atom stereocenters. The Morgan fingerprint density at radius 3 is 2.25 bits per heavy atom.